The SMILES string of the molecule is CC[C@H](C)[C@H](NC(=O)C(C)(C)NC(=O)[C@@H](NC(=O)OC(C)(C)C)C(C)C)C(=O)N[C@@H](C)C(=O)N[C@H](C(=O)NC(C)(C)C(=O)N[C@H](C(=O)N[C@H](C(=O)NC(C)(C)C(=O)OC)C(C)C)[C@@H](C)CC)[C@@H](C)OCc1ccccc1. The lowest BCUT2D eigenvalue weighted by molar-refractivity contribution is -0.150. The van der Waals surface area contributed by atoms with E-state index in [-0.39, 0.29) is 6.61 Å². The minimum atomic E-state index is -1.73. The number of esters is 1. The Morgan fingerprint density at radius 1 is 0.474 bits per heavy atom. The highest BCUT2D eigenvalue weighted by molar-refractivity contribution is 6.00. The Labute approximate surface area is 450 Å². The normalized spacial score (nSPS) is 15.6. The second-order valence-corrected chi connectivity index (χ2v) is 22.8. The fraction of sp³-hybridized carbons (Fsp3) is 0.704. The van der Waals surface area contributed by atoms with Crippen LogP contribution in [0, 0.1) is 23.7 Å². The first-order chi connectivity index (χ1) is 34.9. The lowest BCUT2D eigenvalue weighted by Crippen LogP contribution is -2.65. The summed E-state index contributed by atoms with van der Waals surface area (Å²) in [6.45, 7) is 30.5. The van der Waals surface area contributed by atoms with Gasteiger partial charge in [0.25, 0.3) is 0 Å². The molecule has 0 radical (unpaired) electrons. The Kier molecular flexibility index (Phi) is 26.1. The molecule has 0 unspecified atom stereocenters. The van der Waals surface area contributed by atoms with Crippen LogP contribution in [0.3, 0.4) is 0 Å². The quantitative estimate of drug-likeness (QED) is 0.0546. The van der Waals surface area contributed by atoms with Crippen LogP contribution in [0.25, 0.3) is 0 Å². The van der Waals surface area contributed by atoms with E-state index in [1.807, 2.05) is 25.1 Å². The smallest absolute Gasteiger partial charge is 0.408 e. The van der Waals surface area contributed by atoms with Crippen molar-refractivity contribution in [1.82, 2.24) is 47.9 Å². The first-order valence-corrected chi connectivity index (χ1v) is 26.1. The van der Waals surface area contributed by atoms with E-state index < -0.39 is 148 Å². The van der Waals surface area contributed by atoms with Crippen molar-refractivity contribution in [3.05, 3.63) is 35.9 Å². The first kappa shape index (κ1) is 67.7. The zero-order valence-corrected chi connectivity index (χ0v) is 48.7. The van der Waals surface area contributed by atoms with Crippen LogP contribution in [0.2, 0.25) is 0 Å². The predicted molar refractivity (Wildman–Crippen MR) is 286 cm³/mol. The van der Waals surface area contributed by atoms with Crippen LogP contribution >= 0.6 is 0 Å². The maximum Gasteiger partial charge on any atom is 0.408 e. The van der Waals surface area contributed by atoms with E-state index in [0.29, 0.717) is 12.8 Å². The molecule has 0 saturated carbocycles. The third-order valence-electron chi connectivity index (χ3n) is 12.7. The molecule has 0 aliphatic rings. The number of carbonyl (C=O) groups excluding carboxylic acids is 10. The van der Waals surface area contributed by atoms with Gasteiger partial charge < -0.3 is 62.1 Å². The summed E-state index contributed by atoms with van der Waals surface area (Å²) in [5.41, 5.74) is -4.81. The lowest BCUT2D eigenvalue weighted by Gasteiger charge is -2.34. The van der Waals surface area contributed by atoms with Gasteiger partial charge in [0.1, 0.15) is 58.5 Å². The molecule has 0 bridgehead atoms. The Balaban J connectivity index is 3.42. The summed E-state index contributed by atoms with van der Waals surface area (Å²) in [5.74, 6) is -8.41. The largest absolute Gasteiger partial charge is 0.467 e. The molecule has 22 nitrogen and oxygen atoms in total. The van der Waals surface area contributed by atoms with Gasteiger partial charge in [-0.3, -0.25) is 38.4 Å². The van der Waals surface area contributed by atoms with E-state index in [4.69, 9.17) is 14.2 Å². The lowest BCUT2D eigenvalue weighted by atomic mass is 9.94. The summed E-state index contributed by atoms with van der Waals surface area (Å²) < 4.78 is 16.2. The monoisotopic (exact) mass is 1070 g/mol. The average molecular weight is 1070 g/mol. The average Bonchev–Trinajstić information content (AvgIpc) is 3.31. The molecule has 22 heteroatoms. The van der Waals surface area contributed by atoms with E-state index in [9.17, 15) is 47.9 Å². The van der Waals surface area contributed by atoms with Crippen LogP contribution in [0.15, 0.2) is 30.3 Å². The van der Waals surface area contributed by atoms with Gasteiger partial charge in [-0.1, -0.05) is 98.6 Å². The molecule has 9 atom stereocenters. The first-order valence-electron chi connectivity index (χ1n) is 26.1. The molecule has 0 fully saturated rings. The topological polar surface area (TPSA) is 307 Å². The molecule has 1 rings (SSSR count). The highest BCUT2D eigenvalue weighted by atomic mass is 16.6. The summed E-state index contributed by atoms with van der Waals surface area (Å²) in [7, 11) is 1.19. The van der Waals surface area contributed by atoms with Crippen molar-refractivity contribution in [3.8, 4) is 0 Å². The Morgan fingerprint density at radius 3 is 1.28 bits per heavy atom. The molecule has 76 heavy (non-hydrogen) atoms. The van der Waals surface area contributed by atoms with Crippen LogP contribution in [0.4, 0.5) is 4.79 Å². The van der Waals surface area contributed by atoms with Crippen molar-refractivity contribution in [2.45, 2.75) is 216 Å². The van der Waals surface area contributed by atoms with Crippen LogP contribution in [-0.4, -0.2) is 131 Å². The summed E-state index contributed by atoms with van der Waals surface area (Å²) in [6.07, 6.45) is -1.01. The van der Waals surface area contributed by atoms with Crippen molar-refractivity contribution in [2.75, 3.05) is 7.11 Å². The van der Waals surface area contributed by atoms with Gasteiger partial charge in [0.05, 0.1) is 19.8 Å². The van der Waals surface area contributed by atoms with Gasteiger partial charge >= 0.3 is 12.1 Å². The molecule has 0 aliphatic heterocycles. The standard InChI is InChI=1S/C54H91N9O13/c1-21-31(7)38(58-47(70)52(14,15)61-45(68)37(30(5)6)60-50(73)76-51(11,12)13)42(65)55-33(9)41(64)57-40(34(10)75-28-35-26-24-23-25-27-35)46(69)62-53(16,17)48(71)59-39(32(8)22-2)43(66)56-36(29(3)4)44(67)63-54(18,19)49(72)74-20/h23-27,29-34,36-40H,21-22,28H2,1-20H3,(H,55,65)(H,56,66)(H,57,64)(H,58,70)(H,59,71)(H,60,73)(H,61,68)(H,62,69)(H,63,67)/t31-,32-,33-,34+,36-,37-,38-,39-,40-/m0/s1. The van der Waals surface area contributed by atoms with E-state index in [2.05, 4.69) is 47.9 Å². The van der Waals surface area contributed by atoms with E-state index in [1.54, 1.807) is 88.3 Å². The number of benzene rings is 1. The van der Waals surface area contributed by atoms with Crippen molar-refractivity contribution < 1.29 is 62.2 Å². The van der Waals surface area contributed by atoms with Crippen LogP contribution in [0.1, 0.15) is 150 Å². The number of carbonyl (C=O) groups is 10. The highest BCUT2D eigenvalue weighted by Crippen LogP contribution is 2.17. The number of nitrogens with one attached hydrogen (secondary N) is 9. The molecule has 9 amide bonds. The second kappa shape index (κ2) is 29.3. The van der Waals surface area contributed by atoms with Gasteiger partial charge in [0.2, 0.25) is 47.3 Å². The van der Waals surface area contributed by atoms with E-state index >= 15 is 0 Å². The van der Waals surface area contributed by atoms with Crippen LogP contribution in [-0.2, 0) is 64.0 Å². The minimum absolute atomic E-state index is 0.0323. The van der Waals surface area contributed by atoms with Crippen LogP contribution in [0.5, 0.6) is 0 Å². The van der Waals surface area contributed by atoms with Gasteiger partial charge in [0, 0.05) is 0 Å². The Hall–Kier alpha value is -6.32. The molecule has 1 aromatic carbocycles. The zero-order chi connectivity index (χ0) is 58.8. The van der Waals surface area contributed by atoms with Crippen molar-refractivity contribution in [3.63, 3.8) is 0 Å². The van der Waals surface area contributed by atoms with Gasteiger partial charge in [-0.2, -0.15) is 0 Å². The minimum Gasteiger partial charge on any atom is -0.467 e. The number of hydrogen-bond acceptors (Lipinski definition) is 13. The summed E-state index contributed by atoms with van der Waals surface area (Å²) in [4.78, 5) is 136. The molecule has 1 aromatic rings. The van der Waals surface area contributed by atoms with Crippen molar-refractivity contribution >= 4 is 59.3 Å². The van der Waals surface area contributed by atoms with Gasteiger partial charge in [-0.25, -0.2) is 9.59 Å². The number of amides is 9. The molecule has 9 N–H and O–H groups in total. The highest BCUT2D eigenvalue weighted by Gasteiger charge is 2.42. The number of alkyl carbamates (subject to hydrolysis) is 1. The van der Waals surface area contributed by atoms with Crippen molar-refractivity contribution in [1.29, 1.82) is 0 Å². The second-order valence-electron chi connectivity index (χ2n) is 22.8. The fourth-order valence-electron chi connectivity index (χ4n) is 7.31. The van der Waals surface area contributed by atoms with Gasteiger partial charge in [0.15, 0.2) is 0 Å². The predicted octanol–water partition coefficient (Wildman–Crippen LogP) is 3.19. The number of rotatable bonds is 28. The third-order valence-corrected chi connectivity index (χ3v) is 12.7. The van der Waals surface area contributed by atoms with E-state index in [1.165, 1.54) is 55.6 Å². The van der Waals surface area contributed by atoms with Crippen molar-refractivity contribution in [2.24, 2.45) is 23.7 Å². The molecular formula is C54H91N9O13. The Bertz CT molecular complexity index is 2170. The van der Waals surface area contributed by atoms with E-state index in [0.717, 1.165) is 5.56 Å². The van der Waals surface area contributed by atoms with Gasteiger partial charge in [-0.15, -0.1) is 0 Å². The maximum atomic E-state index is 14.4. The zero-order valence-electron chi connectivity index (χ0n) is 48.7. The van der Waals surface area contributed by atoms with Crippen LogP contribution < -0.4 is 47.9 Å². The number of methoxy groups -OCH3 is 1. The molecular weight excluding hydrogens is 983 g/mol. The Morgan fingerprint density at radius 2 is 0.868 bits per heavy atom. The summed E-state index contributed by atoms with van der Waals surface area (Å²) in [6, 6.07) is 1.69. The maximum absolute atomic E-state index is 14.4. The third kappa shape index (κ3) is 21.4. The number of hydrogen-bond donors (Lipinski definition) is 9. The molecule has 0 aliphatic carbocycles. The summed E-state index contributed by atoms with van der Waals surface area (Å²) in [5, 5.41) is 24.0. The molecule has 0 saturated heterocycles. The summed E-state index contributed by atoms with van der Waals surface area (Å²) >= 11 is 0. The molecule has 0 spiro atoms. The molecule has 430 valence electrons. The molecule has 0 aromatic heterocycles. The molecule has 0 heterocycles. The fourth-order valence-corrected chi connectivity index (χ4v) is 7.31. The number of ether oxygens (including phenoxy) is 3. The van der Waals surface area contributed by atoms with Gasteiger partial charge in [-0.05, 0) is 105 Å².